The maximum Gasteiger partial charge on any atom is 0.264 e. The van der Waals surface area contributed by atoms with Crippen LogP contribution in [-0.4, -0.2) is 44.3 Å². The first kappa shape index (κ1) is 29.1. The van der Waals surface area contributed by atoms with Gasteiger partial charge in [-0.1, -0.05) is 54.4 Å². The first-order chi connectivity index (χ1) is 18.0. The van der Waals surface area contributed by atoms with Crippen LogP contribution in [0.2, 0.25) is 5.02 Å². The van der Waals surface area contributed by atoms with Crippen molar-refractivity contribution in [2.45, 2.75) is 44.7 Å². The van der Waals surface area contributed by atoms with Gasteiger partial charge in [0, 0.05) is 18.1 Å². The van der Waals surface area contributed by atoms with Gasteiger partial charge in [0.2, 0.25) is 11.8 Å². The van der Waals surface area contributed by atoms with Crippen LogP contribution in [0, 0.1) is 12.7 Å². The molecular weight excluding hydrogens is 529 g/mol. The number of hydrogen-bond donors (Lipinski definition) is 1. The lowest BCUT2D eigenvalue weighted by molar-refractivity contribution is -0.139. The highest BCUT2D eigenvalue weighted by Gasteiger charge is 2.32. The lowest BCUT2D eigenvalue weighted by atomic mass is 10.1. The zero-order chi connectivity index (χ0) is 27.9. The number of carbonyl (C=O) groups is 2. The van der Waals surface area contributed by atoms with Gasteiger partial charge < -0.3 is 10.2 Å². The summed E-state index contributed by atoms with van der Waals surface area (Å²) in [4.78, 5) is 27.9. The summed E-state index contributed by atoms with van der Waals surface area (Å²) in [6.45, 7) is 5.15. The molecule has 0 saturated carbocycles. The fourth-order valence-electron chi connectivity index (χ4n) is 3.76. The molecule has 1 unspecified atom stereocenters. The normalized spacial score (nSPS) is 12.0. The van der Waals surface area contributed by atoms with Gasteiger partial charge in [-0.25, -0.2) is 12.8 Å². The number of aryl methyl sites for hydroxylation is 1. The van der Waals surface area contributed by atoms with E-state index in [0.717, 1.165) is 9.87 Å². The number of rotatable bonds is 11. The number of halogens is 2. The van der Waals surface area contributed by atoms with E-state index in [0.29, 0.717) is 23.6 Å². The van der Waals surface area contributed by atoms with Crippen LogP contribution in [0.5, 0.6) is 0 Å². The summed E-state index contributed by atoms with van der Waals surface area (Å²) in [5.74, 6) is -1.42. The van der Waals surface area contributed by atoms with Crippen LogP contribution in [-0.2, 0) is 26.2 Å². The van der Waals surface area contributed by atoms with Gasteiger partial charge in [-0.15, -0.1) is 0 Å². The first-order valence-electron chi connectivity index (χ1n) is 12.2. The van der Waals surface area contributed by atoms with Gasteiger partial charge in [0.1, 0.15) is 18.4 Å². The quantitative estimate of drug-likeness (QED) is 0.361. The Bertz CT molecular complexity index is 1370. The maximum atomic E-state index is 13.8. The third-order valence-electron chi connectivity index (χ3n) is 5.97. The molecule has 0 bridgehead atoms. The standard InChI is InChI=1S/C28H31ClFN3O4S/c1-4-16-31-28(35)21(3)32(18-22-10-12-24(30)13-11-22)27(34)19-33(25-7-5-6-23(29)17-25)38(36,37)26-14-8-20(2)9-15-26/h5-15,17,21H,4,16,18-19H2,1-3H3,(H,31,35). The molecule has 0 aliphatic carbocycles. The molecule has 0 radical (unpaired) electrons. The number of carbonyl (C=O) groups excluding carboxylic acids is 2. The van der Waals surface area contributed by atoms with Gasteiger partial charge >= 0.3 is 0 Å². The minimum absolute atomic E-state index is 0.00898. The summed E-state index contributed by atoms with van der Waals surface area (Å²) < 4.78 is 42.0. The number of nitrogens with one attached hydrogen (secondary N) is 1. The SMILES string of the molecule is CCCNC(=O)C(C)N(Cc1ccc(F)cc1)C(=O)CN(c1cccc(Cl)c1)S(=O)(=O)c1ccc(C)cc1. The molecule has 3 aromatic carbocycles. The number of nitrogens with zero attached hydrogens (tertiary/aromatic N) is 2. The number of amides is 2. The Morgan fingerprint density at radius 3 is 2.29 bits per heavy atom. The van der Waals surface area contributed by atoms with Crippen molar-refractivity contribution in [1.29, 1.82) is 0 Å². The smallest absolute Gasteiger partial charge is 0.264 e. The maximum absolute atomic E-state index is 13.8. The molecule has 0 fully saturated rings. The highest BCUT2D eigenvalue weighted by atomic mass is 35.5. The Hall–Kier alpha value is -3.43. The fraction of sp³-hybridized carbons (Fsp3) is 0.286. The zero-order valence-electron chi connectivity index (χ0n) is 21.5. The van der Waals surface area contributed by atoms with Crippen LogP contribution in [0.4, 0.5) is 10.1 Å². The summed E-state index contributed by atoms with van der Waals surface area (Å²) in [5.41, 5.74) is 1.67. The van der Waals surface area contributed by atoms with Crippen molar-refractivity contribution >= 4 is 39.1 Å². The molecule has 7 nitrogen and oxygen atoms in total. The van der Waals surface area contributed by atoms with Crippen molar-refractivity contribution in [2.75, 3.05) is 17.4 Å². The molecular formula is C28H31ClFN3O4S. The van der Waals surface area contributed by atoms with Gasteiger partial charge in [-0.3, -0.25) is 13.9 Å². The summed E-state index contributed by atoms with van der Waals surface area (Å²) in [7, 11) is -4.18. The van der Waals surface area contributed by atoms with E-state index in [1.165, 1.54) is 47.4 Å². The van der Waals surface area contributed by atoms with Crippen molar-refractivity contribution in [1.82, 2.24) is 10.2 Å². The molecule has 1 atom stereocenters. The van der Waals surface area contributed by atoms with E-state index >= 15 is 0 Å². The summed E-state index contributed by atoms with van der Waals surface area (Å²) >= 11 is 6.17. The Morgan fingerprint density at radius 1 is 1.03 bits per heavy atom. The van der Waals surface area contributed by atoms with Crippen molar-refractivity contribution in [3.8, 4) is 0 Å². The second kappa shape index (κ2) is 12.9. The molecule has 2 amide bonds. The average molecular weight is 560 g/mol. The van der Waals surface area contributed by atoms with Crippen LogP contribution >= 0.6 is 11.6 Å². The molecule has 3 rings (SSSR count). The predicted octanol–water partition coefficient (Wildman–Crippen LogP) is 4.93. The first-order valence-corrected chi connectivity index (χ1v) is 14.0. The topological polar surface area (TPSA) is 86.8 Å². The van der Waals surface area contributed by atoms with Crippen molar-refractivity contribution in [3.63, 3.8) is 0 Å². The number of sulfonamides is 1. The molecule has 0 heterocycles. The predicted molar refractivity (Wildman–Crippen MR) is 147 cm³/mol. The van der Waals surface area contributed by atoms with Crippen LogP contribution in [0.25, 0.3) is 0 Å². The van der Waals surface area contributed by atoms with E-state index in [9.17, 15) is 22.4 Å². The van der Waals surface area contributed by atoms with E-state index in [4.69, 9.17) is 11.6 Å². The molecule has 3 aromatic rings. The highest BCUT2D eigenvalue weighted by molar-refractivity contribution is 7.92. The Balaban J connectivity index is 2.01. The third-order valence-corrected chi connectivity index (χ3v) is 7.99. The largest absolute Gasteiger partial charge is 0.354 e. The van der Waals surface area contributed by atoms with Crippen molar-refractivity contribution < 1.29 is 22.4 Å². The van der Waals surface area contributed by atoms with E-state index < -0.39 is 34.3 Å². The third kappa shape index (κ3) is 7.33. The molecule has 10 heteroatoms. The number of hydrogen-bond acceptors (Lipinski definition) is 4. The monoisotopic (exact) mass is 559 g/mol. The van der Waals surface area contributed by atoms with Gasteiger partial charge in [-0.05, 0) is 68.3 Å². The van der Waals surface area contributed by atoms with Gasteiger partial charge in [0.15, 0.2) is 0 Å². The minimum Gasteiger partial charge on any atom is -0.354 e. The highest BCUT2D eigenvalue weighted by Crippen LogP contribution is 2.27. The molecule has 0 spiro atoms. The minimum atomic E-state index is -4.18. The van der Waals surface area contributed by atoms with Crippen molar-refractivity contribution in [2.24, 2.45) is 0 Å². The van der Waals surface area contributed by atoms with Crippen LogP contribution in [0.15, 0.2) is 77.7 Å². The lowest BCUT2D eigenvalue weighted by Gasteiger charge is -2.32. The second-order valence-corrected chi connectivity index (χ2v) is 11.2. The Labute approximate surface area is 228 Å². The average Bonchev–Trinajstić information content (AvgIpc) is 2.89. The molecule has 38 heavy (non-hydrogen) atoms. The molecule has 202 valence electrons. The van der Waals surface area contributed by atoms with Crippen molar-refractivity contribution in [3.05, 3.63) is 94.8 Å². The zero-order valence-corrected chi connectivity index (χ0v) is 23.1. The second-order valence-electron chi connectivity index (χ2n) is 8.92. The molecule has 0 saturated heterocycles. The molecule has 0 aromatic heterocycles. The fourth-order valence-corrected chi connectivity index (χ4v) is 5.35. The summed E-state index contributed by atoms with van der Waals surface area (Å²) in [5, 5.41) is 3.07. The van der Waals surface area contributed by atoms with E-state index in [1.807, 2.05) is 13.8 Å². The molecule has 0 aliphatic rings. The lowest BCUT2D eigenvalue weighted by Crippen LogP contribution is -2.51. The Morgan fingerprint density at radius 2 is 1.68 bits per heavy atom. The van der Waals surface area contributed by atoms with Crippen LogP contribution < -0.4 is 9.62 Å². The number of anilines is 1. The van der Waals surface area contributed by atoms with E-state index in [-0.39, 0.29) is 23.0 Å². The van der Waals surface area contributed by atoms with Crippen LogP contribution in [0.1, 0.15) is 31.4 Å². The number of benzene rings is 3. The molecule has 1 N–H and O–H groups in total. The van der Waals surface area contributed by atoms with Gasteiger partial charge in [-0.2, -0.15) is 0 Å². The summed E-state index contributed by atoms with van der Waals surface area (Å²) in [6.07, 6.45) is 0.710. The van der Waals surface area contributed by atoms with E-state index in [2.05, 4.69) is 5.32 Å². The Kier molecular flexibility index (Phi) is 9.88. The van der Waals surface area contributed by atoms with Gasteiger partial charge in [0.25, 0.3) is 10.0 Å². The molecule has 0 aliphatic heterocycles. The van der Waals surface area contributed by atoms with Gasteiger partial charge in [0.05, 0.1) is 10.6 Å². The van der Waals surface area contributed by atoms with Crippen LogP contribution in [0.3, 0.4) is 0 Å². The summed E-state index contributed by atoms with van der Waals surface area (Å²) in [6, 6.07) is 17.2. The van der Waals surface area contributed by atoms with E-state index in [1.54, 1.807) is 37.3 Å².